The van der Waals surface area contributed by atoms with Crippen LogP contribution in [0.4, 0.5) is 9.18 Å². The third-order valence-corrected chi connectivity index (χ3v) is 7.59. The van der Waals surface area contributed by atoms with Gasteiger partial charge in [0.25, 0.3) is 5.91 Å². The number of hydrogen-bond donors (Lipinski definition) is 2. The van der Waals surface area contributed by atoms with Gasteiger partial charge in [0.15, 0.2) is 0 Å². The van der Waals surface area contributed by atoms with E-state index in [-0.39, 0.29) is 23.0 Å². The summed E-state index contributed by atoms with van der Waals surface area (Å²) in [5.74, 6) is -0.0604. The summed E-state index contributed by atoms with van der Waals surface area (Å²) in [6.45, 7) is 1.05. The van der Waals surface area contributed by atoms with Gasteiger partial charge in [-0.05, 0) is 43.4 Å². The standard InChI is InChI=1S/C23H27ClFN5O2/c24-16-11-15(5-6-17(16)25)20-19(18-13-29(22(26)32)9-10-30(18)28-20)21(31)27-23-7-1-3-14(12-23)4-2-8-23/h5-6,11,14H,1-4,7-10,12-13H2,(H2,26,32)(H,27,31). The van der Waals surface area contributed by atoms with Gasteiger partial charge in [0.1, 0.15) is 11.5 Å². The van der Waals surface area contributed by atoms with Gasteiger partial charge in [-0.1, -0.05) is 37.3 Å². The van der Waals surface area contributed by atoms with Gasteiger partial charge in [0, 0.05) is 17.6 Å². The largest absolute Gasteiger partial charge is 0.351 e. The van der Waals surface area contributed by atoms with Gasteiger partial charge in [0.2, 0.25) is 0 Å². The SMILES string of the molecule is NC(=O)N1CCn2nc(-c3ccc(F)c(Cl)c3)c(C(=O)NC34CCCC(CCC3)C4)c2C1. The fourth-order valence-electron chi connectivity index (χ4n) is 5.76. The first kappa shape index (κ1) is 21.2. The number of fused-ring (bicyclic) bond motifs is 3. The van der Waals surface area contributed by atoms with Gasteiger partial charge >= 0.3 is 6.03 Å². The molecule has 0 atom stereocenters. The predicted molar refractivity (Wildman–Crippen MR) is 119 cm³/mol. The lowest BCUT2D eigenvalue weighted by molar-refractivity contribution is 0.0747. The molecule has 1 aromatic carbocycles. The van der Waals surface area contributed by atoms with Crippen molar-refractivity contribution in [3.05, 3.63) is 40.3 Å². The van der Waals surface area contributed by atoms with Crippen LogP contribution in [0.2, 0.25) is 5.02 Å². The molecule has 32 heavy (non-hydrogen) atoms. The minimum atomic E-state index is -0.531. The molecular formula is C23H27ClFN5O2. The number of halogens is 2. The number of amides is 3. The smallest absolute Gasteiger partial charge is 0.315 e. The van der Waals surface area contributed by atoms with E-state index in [4.69, 9.17) is 17.3 Å². The van der Waals surface area contributed by atoms with Crippen molar-refractivity contribution in [2.24, 2.45) is 11.7 Å². The molecule has 2 aromatic rings. The minimum Gasteiger partial charge on any atom is -0.351 e. The van der Waals surface area contributed by atoms with Crippen molar-refractivity contribution < 1.29 is 14.0 Å². The third kappa shape index (κ3) is 3.74. The second-order valence-electron chi connectivity index (χ2n) is 9.37. The van der Waals surface area contributed by atoms with Crippen molar-refractivity contribution >= 4 is 23.5 Å². The Hall–Kier alpha value is -2.61. The van der Waals surface area contributed by atoms with Crippen molar-refractivity contribution in [1.29, 1.82) is 0 Å². The number of rotatable bonds is 3. The molecule has 1 aromatic heterocycles. The van der Waals surface area contributed by atoms with Crippen molar-refractivity contribution in [3.63, 3.8) is 0 Å². The van der Waals surface area contributed by atoms with E-state index in [0.717, 1.165) is 32.1 Å². The number of hydrogen-bond acceptors (Lipinski definition) is 3. The van der Waals surface area contributed by atoms with Crippen LogP contribution in [-0.2, 0) is 13.1 Å². The first-order valence-electron chi connectivity index (χ1n) is 11.3. The van der Waals surface area contributed by atoms with Crippen molar-refractivity contribution in [2.45, 2.75) is 63.6 Å². The molecule has 9 heteroatoms. The Labute approximate surface area is 191 Å². The summed E-state index contributed by atoms with van der Waals surface area (Å²) < 4.78 is 15.5. The van der Waals surface area contributed by atoms with Gasteiger partial charge in [-0.3, -0.25) is 9.48 Å². The molecule has 3 amide bonds. The van der Waals surface area contributed by atoms with E-state index in [2.05, 4.69) is 10.4 Å². The van der Waals surface area contributed by atoms with Gasteiger partial charge in [0.05, 0.1) is 29.4 Å². The molecule has 0 radical (unpaired) electrons. The van der Waals surface area contributed by atoms with E-state index in [0.29, 0.717) is 41.5 Å². The second-order valence-corrected chi connectivity index (χ2v) is 9.78. The molecule has 7 nitrogen and oxygen atoms in total. The number of benzene rings is 1. The second kappa shape index (κ2) is 8.06. The zero-order valence-electron chi connectivity index (χ0n) is 17.9. The van der Waals surface area contributed by atoms with Crippen LogP contribution in [0.1, 0.15) is 61.0 Å². The highest BCUT2D eigenvalue weighted by Gasteiger charge is 2.41. The number of primary amides is 1. The average Bonchev–Trinajstić information content (AvgIpc) is 3.14. The van der Waals surface area contributed by atoms with Crippen molar-refractivity contribution in [2.75, 3.05) is 6.54 Å². The molecular weight excluding hydrogens is 433 g/mol. The maximum Gasteiger partial charge on any atom is 0.315 e. The highest BCUT2D eigenvalue weighted by Crippen LogP contribution is 2.43. The van der Waals surface area contributed by atoms with E-state index in [1.54, 1.807) is 10.7 Å². The van der Waals surface area contributed by atoms with Gasteiger partial charge in [-0.25, -0.2) is 9.18 Å². The molecule has 3 aliphatic rings. The van der Waals surface area contributed by atoms with Crippen LogP contribution >= 0.6 is 11.6 Å². The third-order valence-electron chi connectivity index (χ3n) is 7.31. The molecule has 5 rings (SSSR count). The summed E-state index contributed by atoms with van der Waals surface area (Å²) in [6.07, 6.45) is 7.66. The molecule has 0 unspecified atom stereocenters. The molecule has 0 spiro atoms. The Balaban J connectivity index is 1.56. The van der Waals surface area contributed by atoms with Crippen molar-refractivity contribution in [1.82, 2.24) is 20.0 Å². The lowest BCUT2D eigenvalue weighted by atomic mass is 9.67. The molecule has 2 aliphatic carbocycles. The van der Waals surface area contributed by atoms with E-state index in [9.17, 15) is 14.0 Å². The number of nitrogens with one attached hydrogen (secondary N) is 1. The van der Waals surface area contributed by atoms with E-state index in [1.807, 2.05) is 0 Å². The summed E-state index contributed by atoms with van der Waals surface area (Å²) >= 11 is 6.03. The van der Waals surface area contributed by atoms with Gasteiger partial charge in [-0.15, -0.1) is 0 Å². The van der Waals surface area contributed by atoms with Crippen LogP contribution in [0.3, 0.4) is 0 Å². The maximum absolute atomic E-state index is 13.8. The quantitative estimate of drug-likeness (QED) is 0.724. The fourth-order valence-corrected chi connectivity index (χ4v) is 5.94. The molecule has 2 fully saturated rings. The average molecular weight is 460 g/mol. The van der Waals surface area contributed by atoms with E-state index < -0.39 is 11.8 Å². The number of nitrogens with zero attached hydrogens (tertiary/aromatic N) is 3. The molecule has 2 bridgehead atoms. The van der Waals surface area contributed by atoms with E-state index in [1.165, 1.54) is 29.9 Å². The number of carbonyl (C=O) groups is 2. The zero-order chi connectivity index (χ0) is 22.5. The summed E-state index contributed by atoms with van der Waals surface area (Å²) in [6, 6.07) is 3.81. The summed E-state index contributed by atoms with van der Waals surface area (Å²) in [5.41, 5.74) is 7.40. The molecule has 2 saturated carbocycles. The zero-order valence-corrected chi connectivity index (χ0v) is 18.6. The highest BCUT2D eigenvalue weighted by atomic mass is 35.5. The number of nitrogens with two attached hydrogens (primary N) is 1. The first-order chi connectivity index (χ1) is 15.3. The number of carbonyl (C=O) groups excluding carboxylic acids is 2. The fraction of sp³-hybridized carbons (Fsp3) is 0.522. The Morgan fingerprint density at radius 1 is 1.22 bits per heavy atom. The number of urea groups is 1. The Bertz CT molecular complexity index is 1070. The van der Waals surface area contributed by atoms with Crippen LogP contribution < -0.4 is 11.1 Å². The minimum absolute atomic E-state index is 0.0282. The summed E-state index contributed by atoms with van der Waals surface area (Å²) in [7, 11) is 0. The molecule has 2 heterocycles. The normalized spacial score (nSPS) is 24.7. The highest BCUT2D eigenvalue weighted by molar-refractivity contribution is 6.31. The first-order valence-corrected chi connectivity index (χ1v) is 11.6. The van der Waals surface area contributed by atoms with Crippen LogP contribution in [-0.4, -0.2) is 38.7 Å². The molecule has 0 saturated heterocycles. The number of aromatic nitrogens is 2. The van der Waals surface area contributed by atoms with Crippen molar-refractivity contribution in [3.8, 4) is 11.3 Å². The maximum atomic E-state index is 13.8. The Morgan fingerprint density at radius 3 is 2.66 bits per heavy atom. The van der Waals surface area contributed by atoms with Crippen LogP contribution in [0.15, 0.2) is 18.2 Å². The van der Waals surface area contributed by atoms with Gasteiger partial charge < -0.3 is 16.0 Å². The predicted octanol–water partition coefficient (Wildman–Crippen LogP) is 4.08. The lowest BCUT2D eigenvalue weighted by Gasteiger charge is -2.45. The molecule has 1 aliphatic heterocycles. The molecule has 170 valence electrons. The van der Waals surface area contributed by atoms with Crippen LogP contribution in [0, 0.1) is 11.7 Å². The topological polar surface area (TPSA) is 93.2 Å². The summed E-state index contributed by atoms with van der Waals surface area (Å²) in [4.78, 5) is 27.1. The summed E-state index contributed by atoms with van der Waals surface area (Å²) in [5, 5.41) is 8.01. The lowest BCUT2D eigenvalue weighted by Crippen LogP contribution is -2.53. The van der Waals surface area contributed by atoms with E-state index >= 15 is 0 Å². The Morgan fingerprint density at radius 2 is 1.97 bits per heavy atom. The Kier molecular flexibility index (Phi) is 5.35. The molecule has 3 N–H and O–H groups in total. The monoisotopic (exact) mass is 459 g/mol. The van der Waals surface area contributed by atoms with Crippen LogP contribution in [0.5, 0.6) is 0 Å². The van der Waals surface area contributed by atoms with Crippen LogP contribution in [0.25, 0.3) is 11.3 Å². The van der Waals surface area contributed by atoms with Gasteiger partial charge in [-0.2, -0.15) is 5.10 Å².